The van der Waals surface area contributed by atoms with Crippen molar-refractivity contribution in [1.82, 2.24) is 10.3 Å². The summed E-state index contributed by atoms with van der Waals surface area (Å²) in [5.74, 6) is -6.05. The van der Waals surface area contributed by atoms with Crippen LogP contribution in [0.5, 0.6) is 0 Å². The number of halogens is 5. The van der Waals surface area contributed by atoms with Crippen LogP contribution in [0, 0.1) is 6.92 Å². The smallest absolute Gasteiger partial charge is 0.384 e. The lowest BCUT2D eigenvalue weighted by atomic mass is 10.1. The molecule has 0 radical (unpaired) electrons. The monoisotopic (exact) mass is 387 g/mol. The Morgan fingerprint density at radius 1 is 1.15 bits per heavy atom. The van der Waals surface area contributed by atoms with E-state index in [1.807, 2.05) is 25.1 Å². The van der Waals surface area contributed by atoms with Gasteiger partial charge in [0.15, 0.2) is 0 Å². The highest BCUT2D eigenvalue weighted by Crippen LogP contribution is 2.36. The van der Waals surface area contributed by atoms with Crippen molar-refractivity contribution < 1.29 is 26.7 Å². The van der Waals surface area contributed by atoms with Gasteiger partial charge in [0.05, 0.1) is 5.52 Å². The molecule has 4 nitrogen and oxygen atoms in total. The number of aromatic nitrogens is 1. The second kappa shape index (κ2) is 8.32. The van der Waals surface area contributed by atoms with E-state index >= 15 is 0 Å². The SMILES string of the molecule is Cc1ccc2c(NCCCNC(=O)/C=C/C(F)(F)C(F)(F)F)ccnc2c1. The van der Waals surface area contributed by atoms with Gasteiger partial charge in [-0.05, 0) is 37.1 Å². The summed E-state index contributed by atoms with van der Waals surface area (Å²) in [5, 5.41) is 6.37. The summed E-state index contributed by atoms with van der Waals surface area (Å²) in [5.41, 5.74) is 2.78. The molecule has 0 bridgehead atoms. The molecule has 27 heavy (non-hydrogen) atoms. The molecule has 0 saturated heterocycles. The van der Waals surface area contributed by atoms with E-state index in [-0.39, 0.29) is 12.6 Å². The lowest BCUT2D eigenvalue weighted by molar-refractivity contribution is -0.259. The molecule has 2 aromatic rings. The quantitative estimate of drug-likeness (QED) is 0.425. The van der Waals surface area contributed by atoms with Gasteiger partial charge in [-0.15, -0.1) is 0 Å². The molecule has 1 heterocycles. The highest BCUT2D eigenvalue weighted by molar-refractivity contribution is 5.91. The van der Waals surface area contributed by atoms with Crippen molar-refractivity contribution >= 4 is 22.5 Å². The first-order chi connectivity index (χ1) is 12.6. The van der Waals surface area contributed by atoms with Crippen LogP contribution in [-0.2, 0) is 4.79 Å². The van der Waals surface area contributed by atoms with E-state index in [1.54, 1.807) is 12.3 Å². The van der Waals surface area contributed by atoms with Gasteiger partial charge in [0.25, 0.3) is 0 Å². The van der Waals surface area contributed by atoms with E-state index in [0.717, 1.165) is 22.2 Å². The largest absolute Gasteiger partial charge is 0.457 e. The number of aryl methyl sites for hydroxylation is 1. The van der Waals surface area contributed by atoms with Crippen LogP contribution >= 0.6 is 0 Å². The average molecular weight is 387 g/mol. The van der Waals surface area contributed by atoms with Crippen LogP contribution < -0.4 is 10.6 Å². The van der Waals surface area contributed by atoms with Gasteiger partial charge in [0.1, 0.15) is 0 Å². The van der Waals surface area contributed by atoms with Crippen LogP contribution in [0.2, 0.25) is 0 Å². The van der Waals surface area contributed by atoms with E-state index in [1.165, 1.54) is 0 Å². The van der Waals surface area contributed by atoms with Gasteiger partial charge >= 0.3 is 12.1 Å². The fourth-order valence-corrected chi connectivity index (χ4v) is 2.27. The molecule has 0 saturated carbocycles. The Balaban J connectivity index is 1.79. The van der Waals surface area contributed by atoms with Gasteiger partial charge < -0.3 is 10.6 Å². The predicted molar refractivity (Wildman–Crippen MR) is 92.7 cm³/mol. The van der Waals surface area contributed by atoms with Gasteiger partial charge in [0, 0.05) is 36.4 Å². The molecule has 0 unspecified atom stereocenters. The first-order valence-corrected chi connectivity index (χ1v) is 8.11. The molecule has 146 valence electrons. The topological polar surface area (TPSA) is 54.0 Å². The molecule has 0 aliphatic carbocycles. The van der Waals surface area contributed by atoms with Crippen LogP contribution in [0.15, 0.2) is 42.6 Å². The Morgan fingerprint density at radius 2 is 1.89 bits per heavy atom. The summed E-state index contributed by atoms with van der Waals surface area (Å²) in [7, 11) is 0. The van der Waals surface area contributed by atoms with Crippen molar-refractivity contribution in [1.29, 1.82) is 0 Å². The fourth-order valence-electron chi connectivity index (χ4n) is 2.27. The maximum Gasteiger partial charge on any atom is 0.457 e. The van der Waals surface area contributed by atoms with Crippen LogP contribution in [0.1, 0.15) is 12.0 Å². The summed E-state index contributed by atoms with van der Waals surface area (Å²) in [6, 6.07) is 7.65. The summed E-state index contributed by atoms with van der Waals surface area (Å²) in [6.07, 6.45) is -3.87. The number of carbonyl (C=O) groups is 1. The third-order valence-corrected chi connectivity index (χ3v) is 3.69. The number of benzene rings is 1. The molecule has 0 aliphatic rings. The standard InChI is InChI=1S/C18H18F5N3O/c1-12-3-4-13-14(6-10-25-15(13)11-12)24-8-2-9-26-16(27)5-7-17(19,20)18(21,22)23/h3-7,10-11H,2,8-9H2,1H3,(H,24,25)(H,26,27)/b7-5+. The molecular weight excluding hydrogens is 369 g/mol. The van der Waals surface area contributed by atoms with Gasteiger partial charge in [-0.2, -0.15) is 22.0 Å². The molecule has 0 spiro atoms. The van der Waals surface area contributed by atoms with Crippen LogP contribution in [-0.4, -0.2) is 36.1 Å². The number of anilines is 1. The van der Waals surface area contributed by atoms with Crippen molar-refractivity contribution in [3.8, 4) is 0 Å². The number of alkyl halides is 5. The van der Waals surface area contributed by atoms with E-state index in [0.29, 0.717) is 13.0 Å². The Bertz CT molecular complexity index is 833. The Kier molecular flexibility index (Phi) is 6.35. The van der Waals surface area contributed by atoms with E-state index in [2.05, 4.69) is 15.6 Å². The molecule has 9 heteroatoms. The number of hydrogen-bond acceptors (Lipinski definition) is 3. The van der Waals surface area contributed by atoms with Crippen LogP contribution in [0.25, 0.3) is 10.9 Å². The van der Waals surface area contributed by atoms with E-state index in [4.69, 9.17) is 0 Å². The maximum absolute atomic E-state index is 12.7. The van der Waals surface area contributed by atoms with Crippen molar-refractivity contribution in [2.75, 3.05) is 18.4 Å². The zero-order chi connectivity index (χ0) is 20.1. The molecule has 0 atom stereocenters. The van der Waals surface area contributed by atoms with Crippen molar-refractivity contribution in [2.24, 2.45) is 0 Å². The number of allylic oxidation sites excluding steroid dienone is 1. The molecule has 2 rings (SSSR count). The third-order valence-electron chi connectivity index (χ3n) is 3.69. The maximum atomic E-state index is 12.7. The number of nitrogens with zero attached hydrogens (tertiary/aromatic N) is 1. The van der Waals surface area contributed by atoms with Crippen LogP contribution in [0.3, 0.4) is 0 Å². The Labute approximate surface area is 152 Å². The minimum atomic E-state index is -5.72. The minimum Gasteiger partial charge on any atom is -0.384 e. The molecule has 1 aromatic heterocycles. The van der Waals surface area contributed by atoms with Gasteiger partial charge in [-0.25, -0.2) is 0 Å². The molecule has 1 aromatic carbocycles. The second-order valence-corrected chi connectivity index (χ2v) is 5.90. The van der Waals surface area contributed by atoms with E-state index < -0.39 is 24.1 Å². The van der Waals surface area contributed by atoms with Gasteiger partial charge in [0.2, 0.25) is 5.91 Å². The zero-order valence-electron chi connectivity index (χ0n) is 14.4. The third kappa shape index (κ3) is 5.63. The summed E-state index contributed by atoms with van der Waals surface area (Å²) < 4.78 is 61.3. The lowest BCUT2D eigenvalue weighted by Gasteiger charge is -2.15. The van der Waals surface area contributed by atoms with Gasteiger partial charge in [-0.3, -0.25) is 9.78 Å². The van der Waals surface area contributed by atoms with Crippen molar-refractivity contribution in [2.45, 2.75) is 25.4 Å². The zero-order valence-corrected chi connectivity index (χ0v) is 14.4. The molecule has 2 N–H and O–H groups in total. The van der Waals surface area contributed by atoms with Crippen molar-refractivity contribution in [3.63, 3.8) is 0 Å². The number of fused-ring (bicyclic) bond motifs is 1. The van der Waals surface area contributed by atoms with Gasteiger partial charge in [-0.1, -0.05) is 12.1 Å². The number of pyridine rings is 1. The predicted octanol–water partition coefficient (Wildman–Crippen LogP) is 4.22. The number of hydrogen-bond donors (Lipinski definition) is 2. The molecular formula is C18H18F5N3O. The Morgan fingerprint density at radius 3 is 2.59 bits per heavy atom. The molecule has 0 aliphatic heterocycles. The van der Waals surface area contributed by atoms with Crippen LogP contribution in [0.4, 0.5) is 27.6 Å². The average Bonchev–Trinajstić information content (AvgIpc) is 2.58. The number of amides is 1. The van der Waals surface area contributed by atoms with E-state index in [9.17, 15) is 26.7 Å². The Hall–Kier alpha value is -2.71. The summed E-state index contributed by atoms with van der Waals surface area (Å²) in [6.45, 7) is 2.55. The molecule has 0 fully saturated rings. The number of carbonyl (C=O) groups excluding carboxylic acids is 1. The fraction of sp³-hybridized carbons (Fsp3) is 0.333. The lowest BCUT2D eigenvalue weighted by Crippen LogP contribution is -2.34. The first-order valence-electron chi connectivity index (χ1n) is 8.11. The number of nitrogens with one attached hydrogen (secondary N) is 2. The molecule has 1 amide bonds. The number of rotatable bonds is 7. The highest BCUT2D eigenvalue weighted by Gasteiger charge is 2.55. The summed E-state index contributed by atoms with van der Waals surface area (Å²) in [4.78, 5) is 15.6. The summed E-state index contributed by atoms with van der Waals surface area (Å²) >= 11 is 0. The second-order valence-electron chi connectivity index (χ2n) is 5.90. The first kappa shape index (κ1) is 20.6. The normalized spacial score (nSPS) is 12.5. The highest BCUT2D eigenvalue weighted by atomic mass is 19.4. The minimum absolute atomic E-state index is 0.121. The van der Waals surface area contributed by atoms with Crippen molar-refractivity contribution in [3.05, 3.63) is 48.2 Å².